The summed E-state index contributed by atoms with van der Waals surface area (Å²) in [6.45, 7) is 3.19. The van der Waals surface area contributed by atoms with Gasteiger partial charge < -0.3 is 4.90 Å². The zero-order chi connectivity index (χ0) is 9.97. The van der Waals surface area contributed by atoms with E-state index in [0.29, 0.717) is 6.04 Å². The number of unbranched alkanes of at least 4 members (excludes halogenated alkanes) is 1. The van der Waals surface area contributed by atoms with Crippen molar-refractivity contribution < 1.29 is 4.79 Å². The highest BCUT2D eigenvalue weighted by Crippen LogP contribution is 2.29. The number of carbonyl (C=O) groups is 1. The zero-order valence-electron chi connectivity index (χ0n) is 8.96. The molecule has 0 aromatic carbocycles. The van der Waals surface area contributed by atoms with Crippen molar-refractivity contribution in [2.24, 2.45) is 0 Å². The zero-order valence-corrected chi connectivity index (χ0v) is 8.96. The van der Waals surface area contributed by atoms with Crippen LogP contribution in [0.15, 0.2) is 11.6 Å². The molecule has 0 N–H and O–H groups in total. The van der Waals surface area contributed by atoms with Crippen LogP contribution < -0.4 is 0 Å². The first-order chi connectivity index (χ1) is 6.81. The molecule has 1 atom stereocenters. The van der Waals surface area contributed by atoms with Gasteiger partial charge in [-0.25, -0.2) is 0 Å². The van der Waals surface area contributed by atoms with Crippen molar-refractivity contribution in [2.75, 3.05) is 6.54 Å². The fourth-order valence-corrected chi connectivity index (χ4v) is 2.54. The molecule has 1 unspecified atom stereocenters. The van der Waals surface area contributed by atoms with Crippen molar-refractivity contribution in [3.8, 4) is 0 Å². The molecule has 0 radical (unpaired) electrons. The molecule has 14 heavy (non-hydrogen) atoms. The molecular formula is C12H19NO. The van der Waals surface area contributed by atoms with E-state index < -0.39 is 0 Å². The second-order valence-corrected chi connectivity index (χ2v) is 4.44. The lowest BCUT2D eigenvalue weighted by Crippen LogP contribution is -2.37. The van der Waals surface area contributed by atoms with E-state index in [9.17, 15) is 4.79 Å². The van der Waals surface area contributed by atoms with E-state index in [2.05, 4.69) is 11.8 Å². The first kappa shape index (κ1) is 9.75. The topological polar surface area (TPSA) is 20.3 Å². The van der Waals surface area contributed by atoms with Gasteiger partial charge in [-0.3, -0.25) is 4.79 Å². The molecule has 1 fully saturated rings. The summed E-state index contributed by atoms with van der Waals surface area (Å²) in [7, 11) is 0. The molecule has 2 heterocycles. The molecule has 0 spiro atoms. The van der Waals surface area contributed by atoms with E-state index in [-0.39, 0.29) is 5.91 Å². The van der Waals surface area contributed by atoms with Crippen molar-refractivity contribution in [3.63, 3.8) is 0 Å². The molecule has 78 valence electrons. The lowest BCUT2D eigenvalue weighted by atomic mass is 9.96. The summed E-state index contributed by atoms with van der Waals surface area (Å²) in [6, 6.07) is 0.541. The second-order valence-electron chi connectivity index (χ2n) is 4.44. The van der Waals surface area contributed by atoms with Crippen LogP contribution in [-0.2, 0) is 4.79 Å². The van der Waals surface area contributed by atoms with Crippen LogP contribution in [0.3, 0.4) is 0 Å². The Hall–Kier alpha value is -0.790. The van der Waals surface area contributed by atoms with Gasteiger partial charge in [0, 0.05) is 18.7 Å². The normalized spacial score (nSPS) is 26.4. The van der Waals surface area contributed by atoms with Crippen molar-refractivity contribution in [1.82, 2.24) is 4.90 Å². The van der Waals surface area contributed by atoms with Gasteiger partial charge in [0.05, 0.1) is 0 Å². The number of fused-ring (bicyclic) bond motifs is 1. The SMILES string of the molecule is CCCCC1=CC(=O)N2CCCC2C1. The Labute approximate surface area is 86.0 Å². The smallest absolute Gasteiger partial charge is 0.246 e. The average molecular weight is 193 g/mol. The maximum Gasteiger partial charge on any atom is 0.246 e. The molecular weight excluding hydrogens is 174 g/mol. The number of hydrogen-bond acceptors (Lipinski definition) is 1. The quantitative estimate of drug-likeness (QED) is 0.674. The Kier molecular flexibility index (Phi) is 2.90. The minimum absolute atomic E-state index is 0.268. The first-order valence-electron chi connectivity index (χ1n) is 5.81. The van der Waals surface area contributed by atoms with Gasteiger partial charge >= 0.3 is 0 Å². The highest BCUT2D eigenvalue weighted by atomic mass is 16.2. The van der Waals surface area contributed by atoms with Gasteiger partial charge in [-0.2, -0.15) is 0 Å². The van der Waals surface area contributed by atoms with Crippen LogP contribution in [0.5, 0.6) is 0 Å². The van der Waals surface area contributed by atoms with E-state index >= 15 is 0 Å². The fraction of sp³-hybridized carbons (Fsp3) is 0.750. The minimum Gasteiger partial charge on any atom is -0.336 e. The maximum absolute atomic E-state index is 11.7. The number of hydrogen-bond donors (Lipinski definition) is 0. The van der Waals surface area contributed by atoms with Crippen molar-refractivity contribution in [1.29, 1.82) is 0 Å². The maximum atomic E-state index is 11.7. The summed E-state index contributed by atoms with van der Waals surface area (Å²) >= 11 is 0. The molecule has 2 heteroatoms. The van der Waals surface area contributed by atoms with Crippen LogP contribution in [0, 0.1) is 0 Å². The van der Waals surface area contributed by atoms with Crippen LogP contribution in [0.4, 0.5) is 0 Å². The van der Waals surface area contributed by atoms with Crippen LogP contribution in [0.25, 0.3) is 0 Å². The molecule has 0 bridgehead atoms. The Morgan fingerprint density at radius 1 is 1.57 bits per heavy atom. The highest BCUT2D eigenvalue weighted by molar-refractivity contribution is 5.89. The van der Waals surface area contributed by atoms with E-state index in [0.717, 1.165) is 19.4 Å². The van der Waals surface area contributed by atoms with Crippen LogP contribution in [-0.4, -0.2) is 23.4 Å². The lowest BCUT2D eigenvalue weighted by molar-refractivity contribution is -0.127. The molecule has 2 rings (SSSR count). The Bertz CT molecular complexity index is 257. The third-order valence-electron chi connectivity index (χ3n) is 3.34. The largest absolute Gasteiger partial charge is 0.336 e. The molecule has 0 aromatic rings. The molecule has 1 saturated heterocycles. The summed E-state index contributed by atoms with van der Waals surface area (Å²) in [5, 5.41) is 0. The van der Waals surface area contributed by atoms with Crippen molar-refractivity contribution in [3.05, 3.63) is 11.6 Å². The summed E-state index contributed by atoms with van der Waals surface area (Å²) in [6.07, 6.45) is 9.03. The predicted molar refractivity (Wildman–Crippen MR) is 57.0 cm³/mol. The number of amides is 1. The van der Waals surface area contributed by atoms with E-state index in [1.165, 1.54) is 31.3 Å². The molecule has 0 saturated carbocycles. The highest BCUT2D eigenvalue weighted by Gasteiger charge is 2.31. The van der Waals surface area contributed by atoms with Crippen molar-refractivity contribution in [2.45, 2.75) is 51.5 Å². The third kappa shape index (κ3) is 1.84. The second kappa shape index (κ2) is 4.16. The van der Waals surface area contributed by atoms with Crippen LogP contribution in [0.1, 0.15) is 45.4 Å². The Morgan fingerprint density at radius 2 is 2.43 bits per heavy atom. The summed E-state index contributed by atoms with van der Waals surface area (Å²) in [5.74, 6) is 0.268. The lowest BCUT2D eigenvalue weighted by Gasteiger charge is -2.29. The number of rotatable bonds is 3. The van der Waals surface area contributed by atoms with Gasteiger partial charge in [0.1, 0.15) is 0 Å². The average Bonchev–Trinajstić information content (AvgIpc) is 2.63. The van der Waals surface area contributed by atoms with E-state index in [1.54, 1.807) is 0 Å². The molecule has 1 amide bonds. The third-order valence-corrected chi connectivity index (χ3v) is 3.34. The van der Waals surface area contributed by atoms with E-state index in [1.807, 2.05) is 6.08 Å². The minimum atomic E-state index is 0.268. The monoisotopic (exact) mass is 193 g/mol. The van der Waals surface area contributed by atoms with Crippen LogP contribution >= 0.6 is 0 Å². The van der Waals surface area contributed by atoms with Gasteiger partial charge in [0.15, 0.2) is 0 Å². The summed E-state index contributed by atoms with van der Waals surface area (Å²) in [4.78, 5) is 13.7. The van der Waals surface area contributed by atoms with Gasteiger partial charge in [0.2, 0.25) is 5.91 Å². The predicted octanol–water partition coefficient (Wildman–Crippen LogP) is 2.50. The Morgan fingerprint density at radius 3 is 3.21 bits per heavy atom. The standard InChI is InChI=1S/C12H19NO/c1-2-3-5-10-8-11-6-4-7-13(11)12(14)9-10/h9,11H,2-8H2,1H3. The number of carbonyl (C=O) groups excluding carboxylic acids is 1. The van der Waals surface area contributed by atoms with E-state index in [4.69, 9.17) is 0 Å². The van der Waals surface area contributed by atoms with Gasteiger partial charge in [-0.1, -0.05) is 18.9 Å². The van der Waals surface area contributed by atoms with Crippen molar-refractivity contribution >= 4 is 5.91 Å². The first-order valence-corrected chi connectivity index (χ1v) is 5.81. The summed E-state index contributed by atoms with van der Waals surface area (Å²) in [5.41, 5.74) is 1.39. The molecule has 2 aliphatic rings. The fourth-order valence-electron chi connectivity index (χ4n) is 2.54. The molecule has 2 nitrogen and oxygen atoms in total. The molecule has 0 aliphatic carbocycles. The van der Waals surface area contributed by atoms with Gasteiger partial charge in [-0.15, -0.1) is 0 Å². The van der Waals surface area contributed by atoms with Crippen LogP contribution in [0.2, 0.25) is 0 Å². The van der Waals surface area contributed by atoms with Gasteiger partial charge in [-0.05, 0) is 32.1 Å². The molecule has 2 aliphatic heterocycles. The Balaban J connectivity index is 2.00. The van der Waals surface area contributed by atoms with Gasteiger partial charge in [0.25, 0.3) is 0 Å². The molecule has 0 aromatic heterocycles. The number of nitrogens with zero attached hydrogens (tertiary/aromatic N) is 1. The summed E-state index contributed by atoms with van der Waals surface area (Å²) < 4.78 is 0.